The van der Waals surface area contributed by atoms with Gasteiger partial charge in [0.1, 0.15) is 17.1 Å². The summed E-state index contributed by atoms with van der Waals surface area (Å²) in [5, 5.41) is 18.4. The summed E-state index contributed by atoms with van der Waals surface area (Å²) in [6.07, 6.45) is 3.67. The molecule has 1 amide bonds. The minimum absolute atomic E-state index is 0.0451. The van der Waals surface area contributed by atoms with Crippen LogP contribution >= 0.6 is 0 Å². The van der Waals surface area contributed by atoms with Crippen LogP contribution in [0.1, 0.15) is 55.1 Å². The average Bonchev–Trinajstić information content (AvgIpc) is 2.97. The van der Waals surface area contributed by atoms with Crippen LogP contribution in [-0.2, 0) is 4.84 Å². The molecular weight excluding hydrogens is 392 g/mol. The highest BCUT2D eigenvalue weighted by molar-refractivity contribution is 6.10. The lowest BCUT2D eigenvalue weighted by Gasteiger charge is -2.35. The fourth-order valence-electron chi connectivity index (χ4n) is 4.08. The molecule has 0 saturated carbocycles. The number of pyridine rings is 1. The first-order valence-electron chi connectivity index (χ1n) is 10.8. The molecule has 31 heavy (non-hydrogen) atoms. The Hall–Kier alpha value is -2.77. The van der Waals surface area contributed by atoms with Gasteiger partial charge in [-0.15, -0.1) is 0 Å². The molecule has 0 unspecified atom stereocenters. The van der Waals surface area contributed by atoms with Gasteiger partial charge in [0.25, 0.3) is 5.91 Å². The Balaban J connectivity index is 1.64. The Morgan fingerprint density at radius 2 is 1.97 bits per heavy atom. The average molecular weight is 423 g/mol. The standard InChI is InChI=1S/C24H30N4O3/c1-16-7-5-14-26-21(16)28(19-8-6-13-25-15-19)22(29)18-11-9-17(10-12-18)20-24(4,30)23(2,3)31-27-20/h5,7,9-12,14,19,25,30H,6,8,13,15H2,1-4H3/t19-,24-/m1/s1. The summed E-state index contributed by atoms with van der Waals surface area (Å²) < 4.78 is 0. The second-order valence-electron chi connectivity index (χ2n) is 9.01. The van der Waals surface area contributed by atoms with Crippen molar-refractivity contribution >= 4 is 17.4 Å². The summed E-state index contributed by atoms with van der Waals surface area (Å²) in [5.41, 5.74) is 0.672. The first-order chi connectivity index (χ1) is 14.7. The SMILES string of the molecule is Cc1cccnc1N(C(=O)c1ccc(C2=NOC(C)(C)[C@]2(C)O)cc1)[C@@H]1CCCNC1. The third-order valence-corrected chi connectivity index (χ3v) is 6.47. The number of hydrogen-bond acceptors (Lipinski definition) is 6. The molecule has 1 aromatic heterocycles. The number of aliphatic hydroxyl groups is 1. The van der Waals surface area contributed by atoms with Crippen LogP contribution in [0.2, 0.25) is 0 Å². The molecule has 1 fully saturated rings. The van der Waals surface area contributed by atoms with Crippen molar-refractivity contribution in [3.05, 3.63) is 59.3 Å². The van der Waals surface area contributed by atoms with E-state index >= 15 is 0 Å². The largest absolute Gasteiger partial charge is 0.386 e. The van der Waals surface area contributed by atoms with E-state index < -0.39 is 11.2 Å². The minimum atomic E-state index is -1.23. The highest BCUT2D eigenvalue weighted by Crippen LogP contribution is 2.35. The Bertz CT molecular complexity index is 992. The van der Waals surface area contributed by atoms with Gasteiger partial charge in [-0.1, -0.05) is 23.4 Å². The summed E-state index contributed by atoms with van der Waals surface area (Å²) in [5.74, 6) is 0.613. The Morgan fingerprint density at radius 1 is 1.23 bits per heavy atom. The van der Waals surface area contributed by atoms with E-state index in [1.54, 1.807) is 39.1 Å². The van der Waals surface area contributed by atoms with E-state index in [2.05, 4.69) is 15.5 Å². The number of benzene rings is 1. The number of hydrogen-bond donors (Lipinski definition) is 2. The molecule has 7 heteroatoms. The Labute approximate surface area is 183 Å². The first kappa shape index (κ1) is 21.5. The van der Waals surface area contributed by atoms with Crippen molar-refractivity contribution in [1.29, 1.82) is 0 Å². The number of carbonyl (C=O) groups excluding carboxylic acids is 1. The predicted molar refractivity (Wildman–Crippen MR) is 120 cm³/mol. The summed E-state index contributed by atoms with van der Waals surface area (Å²) >= 11 is 0. The van der Waals surface area contributed by atoms with Crippen molar-refractivity contribution < 1.29 is 14.7 Å². The van der Waals surface area contributed by atoms with Crippen LogP contribution in [0.4, 0.5) is 5.82 Å². The number of nitrogens with one attached hydrogen (secondary N) is 1. The monoisotopic (exact) mass is 422 g/mol. The molecule has 0 radical (unpaired) electrons. The van der Waals surface area contributed by atoms with Crippen molar-refractivity contribution in [3.8, 4) is 0 Å². The summed E-state index contributed by atoms with van der Waals surface area (Å²) in [6, 6.07) is 11.1. The van der Waals surface area contributed by atoms with Gasteiger partial charge in [0.2, 0.25) is 0 Å². The molecule has 4 rings (SSSR count). The lowest BCUT2D eigenvalue weighted by atomic mass is 9.81. The van der Waals surface area contributed by atoms with Gasteiger partial charge < -0.3 is 15.3 Å². The van der Waals surface area contributed by atoms with Crippen LogP contribution in [0, 0.1) is 6.92 Å². The molecular formula is C24H30N4O3. The van der Waals surface area contributed by atoms with Gasteiger partial charge in [-0.2, -0.15) is 0 Å². The summed E-state index contributed by atoms with van der Waals surface area (Å²) in [4.78, 5) is 25.4. The smallest absolute Gasteiger partial charge is 0.259 e. The van der Waals surface area contributed by atoms with E-state index in [-0.39, 0.29) is 11.9 Å². The van der Waals surface area contributed by atoms with Gasteiger partial charge in [-0.25, -0.2) is 4.98 Å². The topological polar surface area (TPSA) is 87.1 Å². The molecule has 0 bridgehead atoms. The van der Waals surface area contributed by atoms with Crippen molar-refractivity contribution in [1.82, 2.24) is 10.3 Å². The molecule has 2 aliphatic heterocycles. The number of oxime groups is 1. The highest BCUT2D eigenvalue weighted by Gasteiger charge is 2.51. The maximum Gasteiger partial charge on any atom is 0.259 e. The van der Waals surface area contributed by atoms with Crippen LogP contribution in [0.15, 0.2) is 47.8 Å². The quantitative estimate of drug-likeness (QED) is 0.791. The molecule has 7 nitrogen and oxygen atoms in total. The number of aromatic nitrogens is 1. The normalized spacial score (nSPS) is 24.9. The van der Waals surface area contributed by atoms with Gasteiger partial charge >= 0.3 is 0 Å². The van der Waals surface area contributed by atoms with Gasteiger partial charge in [0.15, 0.2) is 5.60 Å². The zero-order valence-corrected chi connectivity index (χ0v) is 18.6. The van der Waals surface area contributed by atoms with E-state index in [9.17, 15) is 9.90 Å². The van der Waals surface area contributed by atoms with Gasteiger partial charge in [-0.3, -0.25) is 9.69 Å². The van der Waals surface area contributed by atoms with E-state index in [4.69, 9.17) is 4.84 Å². The molecule has 3 heterocycles. The van der Waals surface area contributed by atoms with Crippen molar-refractivity contribution in [2.45, 2.75) is 57.8 Å². The van der Waals surface area contributed by atoms with Crippen LogP contribution in [0.3, 0.4) is 0 Å². The molecule has 1 saturated heterocycles. The Kier molecular flexibility index (Phi) is 5.58. The summed E-state index contributed by atoms with van der Waals surface area (Å²) in [7, 11) is 0. The molecule has 2 aromatic rings. The van der Waals surface area contributed by atoms with Crippen LogP contribution in [0.5, 0.6) is 0 Å². The van der Waals surface area contributed by atoms with Crippen molar-refractivity contribution in [2.24, 2.45) is 5.16 Å². The fraction of sp³-hybridized carbons (Fsp3) is 0.458. The number of anilines is 1. The fourth-order valence-corrected chi connectivity index (χ4v) is 4.08. The second-order valence-corrected chi connectivity index (χ2v) is 9.01. The maximum atomic E-state index is 13.6. The first-order valence-corrected chi connectivity index (χ1v) is 10.8. The molecule has 2 atom stereocenters. The lowest BCUT2D eigenvalue weighted by Crippen LogP contribution is -2.50. The van der Waals surface area contributed by atoms with Gasteiger partial charge in [-0.05, 0) is 70.8 Å². The second kappa shape index (κ2) is 8.05. The number of rotatable bonds is 4. The third-order valence-electron chi connectivity index (χ3n) is 6.47. The molecule has 0 spiro atoms. The predicted octanol–water partition coefficient (Wildman–Crippen LogP) is 3.05. The number of aryl methyl sites for hydroxylation is 1. The van der Waals surface area contributed by atoms with Crippen molar-refractivity contribution in [2.75, 3.05) is 18.0 Å². The Morgan fingerprint density at radius 3 is 2.55 bits per heavy atom. The molecule has 2 aliphatic rings. The molecule has 0 aliphatic carbocycles. The van der Waals surface area contributed by atoms with E-state index in [0.29, 0.717) is 17.1 Å². The number of piperidine rings is 1. The van der Waals surface area contributed by atoms with E-state index in [1.807, 2.05) is 36.1 Å². The molecule has 2 N–H and O–H groups in total. The van der Waals surface area contributed by atoms with Gasteiger partial charge in [0, 0.05) is 23.9 Å². The van der Waals surface area contributed by atoms with E-state index in [1.165, 1.54) is 0 Å². The van der Waals surface area contributed by atoms with Gasteiger partial charge in [0.05, 0.1) is 6.04 Å². The minimum Gasteiger partial charge on any atom is -0.386 e. The highest BCUT2D eigenvalue weighted by atomic mass is 16.7. The maximum absolute atomic E-state index is 13.6. The third kappa shape index (κ3) is 3.83. The molecule has 1 aromatic carbocycles. The summed E-state index contributed by atoms with van der Waals surface area (Å²) in [6.45, 7) is 8.98. The number of carbonyl (C=O) groups is 1. The number of nitrogens with zero attached hydrogens (tertiary/aromatic N) is 3. The zero-order valence-electron chi connectivity index (χ0n) is 18.6. The van der Waals surface area contributed by atoms with Crippen LogP contribution < -0.4 is 10.2 Å². The number of amides is 1. The molecule has 164 valence electrons. The van der Waals surface area contributed by atoms with E-state index in [0.717, 1.165) is 37.1 Å². The van der Waals surface area contributed by atoms with Crippen molar-refractivity contribution in [3.63, 3.8) is 0 Å². The lowest BCUT2D eigenvalue weighted by molar-refractivity contribution is -0.0936. The van der Waals surface area contributed by atoms with Crippen LogP contribution in [-0.4, -0.2) is 52.0 Å². The zero-order chi connectivity index (χ0) is 22.2. The van der Waals surface area contributed by atoms with Crippen LogP contribution in [0.25, 0.3) is 0 Å².